The summed E-state index contributed by atoms with van der Waals surface area (Å²) >= 11 is 0. The Kier molecular flexibility index (Phi) is 101. The molecule has 0 aromatic carbocycles. The summed E-state index contributed by atoms with van der Waals surface area (Å²) in [5, 5.41) is 17.9. The highest BCUT2D eigenvalue weighted by Crippen LogP contribution is 2.21. The first-order valence-electron chi connectivity index (χ1n) is 3.13. The van der Waals surface area contributed by atoms with E-state index in [2.05, 4.69) is 4.52 Å². The van der Waals surface area contributed by atoms with Gasteiger partial charge in [0.15, 0.2) is 0 Å². The molecule has 16 N–H and O–H groups in total. The van der Waals surface area contributed by atoms with E-state index < -0.39 is 7.82 Å². The van der Waals surface area contributed by atoms with Gasteiger partial charge in [-0.2, -0.15) is 0 Å². The molecule has 10 nitrogen and oxygen atoms in total. The maximum absolute atomic E-state index is 9.25. The molecule has 110 valence electrons. The van der Waals surface area contributed by atoms with Crippen molar-refractivity contribution in [1.82, 2.24) is 24.6 Å². The van der Waals surface area contributed by atoms with Crippen molar-refractivity contribution in [1.29, 1.82) is 0 Å². The third kappa shape index (κ3) is 279. The second kappa shape index (κ2) is 36.4. The van der Waals surface area contributed by atoms with E-state index in [1.54, 1.807) is 13.8 Å². The zero-order chi connectivity index (χ0) is 10.6. The number of phosphoric ester groups is 1. The van der Waals surface area contributed by atoms with E-state index in [1.807, 2.05) is 0 Å². The molecule has 0 spiro atoms. The summed E-state index contributed by atoms with van der Waals surface area (Å²) in [7, 11) is -3.83. The Bertz CT molecular complexity index is 111. The van der Waals surface area contributed by atoms with E-state index in [9.17, 15) is 14.4 Å². The van der Waals surface area contributed by atoms with Gasteiger partial charge in [-0.25, -0.2) is 0 Å². The maximum atomic E-state index is 9.25. The first-order chi connectivity index (χ1) is 5.39. The molecule has 0 aromatic rings. The summed E-state index contributed by atoms with van der Waals surface area (Å²) in [5.41, 5.74) is 0. The predicted molar refractivity (Wildman–Crippen MR) is 59.6 cm³/mol. The van der Waals surface area contributed by atoms with Gasteiger partial charge < -0.3 is 53.7 Å². The topological polar surface area (TPSA) is 265 Å². The summed E-state index contributed by atoms with van der Waals surface area (Å²) in [4.78, 5) is 18.5. The number of hydrogen-bond acceptors (Lipinski definition) is 6. The van der Waals surface area contributed by atoms with Gasteiger partial charge in [-0.15, -0.1) is 13.2 Å². The van der Waals surface area contributed by atoms with E-state index in [4.69, 9.17) is 10.2 Å². The quantitative estimate of drug-likeness (QED) is 0.420. The fourth-order valence-corrected chi connectivity index (χ4v) is 0. The summed E-state index contributed by atoms with van der Waals surface area (Å²) < 4.78 is 12.6. The van der Waals surface area contributed by atoms with Crippen LogP contribution < -0.4 is 44.6 Å². The average Bonchev–Trinajstić information content (AvgIpc) is 1.90. The highest BCUT2D eigenvalue weighted by molar-refractivity contribution is 7.43. The highest BCUT2D eigenvalue weighted by Gasteiger charge is 1.75. The van der Waals surface area contributed by atoms with Crippen LogP contribution in [0, 0.1) is 0 Å². The van der Waals surface area contributed by atoms with Crippen molar-refractivity contribution >= 4 is 7.82 Å². The summed E-state index contributed by atoms with van der Waals surface area (Å²) in [6.45, 7) is 3.14. The molecule has 0 saturated heterocycles. The third-order valence-corrected chi connectivity index (χ3v) is 0.671. The fourth-order valence-electron chi connectivity index (χ4n) is 0. The first-order valence-corrected chi connectivity index (χ1v) is 4.59. The molecule has 16 heavy (non-hydrogen) atoms. The molecule has 0 heterocycles. The van der Waals surface area contributed by atoms with Gasteiger partial charge in [-0.1, -0.05) is 13.8 Å². The van der Waals surface area contributed by atoms with Crippen molar-refractivity contribution < 1.29 is 29.1 Å². The van der Waals surface area contributed by atoms with E-state index >= 15 is 0 Å². The van der Waals surface area contributed by atoms with Crippen molar-refractivity contribution in [3.63, 3.8) is 0 Å². The van der Waals surface area contributed by atoms with Crippen LogP contribution in [0.4, 0.5) is 0 Å². The minimum atomic E-state index is -4.65. The molecule has 0 rings (SSSR count). The van der Waals surface area contributed by atoms with Gasteiger partial charge in [-0.3, -0.25) is 0 Å². The van der Waals surface area contributed by atoms with E-state index in [0.717, 1.165) is 7.11 Å². The van der Waals surface area contributed by atoms with Gasteiger partial charge in [0.25, 0.3) is 0 Å². The molecular weight excluding hydrogens is 243 g/mol. The lowest BCUT2D eigenvalue weighted by molar-refractivity contribution is -0.362. The minimum absolute atomic E-state index is 0. The van der Waals surface area contributed by atoms with Gasteiger partial charge in [0.1, 0.15) is 0 Å². The summed E-state index contributed by atoms with van der Waals surface area (Å²) in [6, 6.07) is 0. The Morgan fingerprint density at radius 1 is 0.938 bits per heavy atom. The Labute approximate surface area is 96.6 Å². The monoisotopic (exact) mass is 272 g/mol. The van der Waals surface area contributed by atoms with Gasteiger partial charge in [0.05, 0.1) is 7.82 Å². The number of rotatable bonds is 1. The van der Waals surface area contributed by atoms with Crippen molar-refractivity contribution in [2.24, 2.45) is 0 Å². The Morgan fingerprint density at radius 2 is 1.00 bits per heavy atom. The SMILES string of the molecule is CC[O-].CC[O-].COP(=O)([O-])[O-].[NH4+].[NH4+].[NH4+].[NH4+]. The molecule has 0 unspecified atom stereocenters. The van der Waals surface area contributed by atoms with E-state index in [0.29, 0.717) is 0 Å². The number of hydrogen-bond donors (Lipinski definition) is 4. The molecule has 0 bridgehead atoms. The van der Waals surface area contributed by atoms with Crippen LogP contribution in [-0.4, -0.2) is 20.3 Å². The second-order valence-corrected chi connectivity index (χ2v) is 2.47. The fraction of sp³-hybridized carbons (Fsp3) is 1.00. The molecule has 0 aliphatic carbocycles. The molecule has 0 aromatic heterocycles. The lowest BCUT2D eigenvalue weighted by Gasteiger charge is -2.25. The zero-order valence-electron chi connectivity index (χ0n) is 11.3. The van der Waals surface area contributed by atoms with E-state index in [-0.39, 0.29) is 37.8 Å². The maximum Gasteiger partial charge on any atom is 0.0592 e. The highest BCUT2D eigenvalue weighted by atomic mass is 31.2. The van der Waals surface area contributed by atoms with Crippen LogP contribution in [0.1, 0.15) is 13.8 Å². The van der Waals surface area contributed by atoms with Crippen LogP contribution in [0.15, 0.2) is 0 Å². The summed E-state index contributed by atoms with van der Waals surface area (Å²) in [6.07, 6.45) is 0. The van der Waals surface area contributed by atoms with Crippen LogP contribution >= 0.6 is 7.82 Å². The minimum Gasteiger partial charge on any atom is -0.855 e. The summed E-state index contributed by atoms with van der Waals surface area (Å²) in [5.74, 6) is 0. The van der Waals surface area contributed by atoms with Crippen molar-refractivity contribution in [3.05, 3.63) is 0 Å². The van der Waals surface area contributed by atoms with Gasteiger partial charge in [0.2, 0.25) is 0 Å². The Hall–Kier alpha value is -0.130. The normalized spacial score (nSPS) is 6.69. The first kappa shape index (κ1) is 44.6. The zero-order valence-corrected chi connectivity index (χ0v) is 12.2. The third-order valence-electron chi connectivity index (χ3n) is 0.224. The molecule has 0 aliphatic rings. The largest absolute Gasteiger partial charge is 0.855 e. The molecule has 0 fully saturated rings. The van der Waals surface area contributed by atoms with Crippen LogP contribution in [0.3, 0.4) is 0 Å². The molecule has 0 aliphatic heterocycles. The Balaban J connectivity index is -0.0000000145. The van der Waals surface area contributed by atoms with E-state index in [1.165, 1.54) is 0 Å². The second-order valence-electron chi connectivity index (χ2n) is 1.21. The van der Waals surface area contributed by atoms with Gasteiger partial charge in [-0.05, 0) is 0 Å². The molecule has 11 heteroatoms. The lowest BCUT2D eigenvalue weighted by Crippen LogP contribution is -2.14. The molecule has 0 radical (unpaired) electrons. The van der Waals surface area contributed by atoms with Gasteiger partial charge >= 0.3 is 0 Å². The average molecular weight is 272 g/mol. The van der Waals surface area contributed by atoms with Crippen LogP contribution in [0.25, 0.3) is 0 Å². The molecule has 0 saturated carbocycles. The Morgan fingerprint density at radius 3 is 1.00 bits per heavy atom. The number of phosphoric acid groups is 1. The van der Waals surface area contributed by atoms with Crippen LogP contribution in [-0.2, 0) is 9.09 Å². The van der Waals surface area contributed by atoms with Gasteiger partial charge in [0, 0.05) is 7.11 Å². The lowest BCUT2D eigenvalue weighted by atomic mass is 10.9. The van der Waals surface area contributed by atoms with Crippen molar-refractivity contribution in [3.8, 4) is 0 Å². The van der Waals surface area contributed by atoms with Crippen LogP contribution in [0.2, 0.25) is 0 Å². The molecular formula is C5H29N4O6P. The smallest absolute Gasteiger partial charge is 0.0592 e. The van der Waals surface area contributed by atoms with Crippen molar-refractivity contribution in [2.45, 2.75) is 13.8 Å². The number of quaternary nitrogens is 4. The van der Waals surface area contributed by atoms with Crippen LogP contribution in [0.5, 0.6) is 0 Å². The standard InChI is InChI=1S/2C2H5O.CH5O4P.4H3N/c2*1-2-3;1-5-6(2,3)4;;;;/h2*2H2,1H3;1H3,(H2,2,3,4);4*1H3/q2*-1;;;;;/p+2. The van der Waals surface area contributed by atoms with Crippen molar-refractivity contribution in [2.75, 3.05) is 20.3 Å². The molecule has 0 amide bonds. The predicted octanol–water partition coefficient (Wildman–Crippen LogP) is -1.30. The molecule has 0 atom stereocenters.